The number of nitrogens with one attached hydrogen (secondary N) is 2. The third-order valence-electron chi connectivity index (χ3n) is 4.29. The van der Waals surface area contributed by atoms with Gasteiger partial charge < -0.3 is 15.3 Å². The van der Waals surface area contributed by atoms with Crippen molar-refractivity contribution in [2.75, 3.05) is 28.6 Å². The molecule has 1 aromatic heterocycles. The van der Waals surface area contributed by atoms with Crippen LogP contribution in [0.15, 0.2) is 22.0 Å². The molecule has 0 spiro atoms. The number of rotatable bonds is 5. The summed E-state index contributed by atoms with van der Waals surface area (Å²) in [5.74, 6) is -0.970. The monoisotopic (exact) mass is 452 g/mol. The summed E-state index contributed by atoms with van der Waals surface area (Å²) in [5, 5.41) is 14.8. The first-order valence-corrected chi connectivity index (χ1v) is 10.3. The number of aliphatic carboxylic acids is 1. The van der Waals surface area contributed by atoms with Crippen molar-refractivity contribution in [3.05, 3.63) is 33.2 Å². The van der Waals surface area contributed by atoms with E-state index in [1.807, 2.05) is 19.1 Å². The summed E-state index contributed by atoms with van der Waals surface area (Å²) >= 11 is 4.48. The van der Waals surface area contributed by atoms with Gasteiger partial charge in [-0.1, -0.05) is 17.4 Å². The Balaban J connectivity index is 1.71. The topological polar surface area (TPSA) is 94.6 Å². The van der Waals surface area contributed by atoms with Crippen LogP contribution >= 0.6 is 27.3 Å². The van der Waals surface area contributed by atoms with Crippen molar-refractivity contribution in [1.82, 2.24) is 4.98 Å². The average Bonchev–Trinajstić information content (AvgIpc) is 2.95. The number of hydrogen-bond donors (Lipinski definition) is 3. The van der Waals surface area contributed by atoms with E-state index in [4.69, 9.17) is 5.11 Å². The lowest BCUT2D eigenvalue weighted by Crippen LogP contribution is -2.31. The lowest BCUT2D eigenvalue weighted by molar-refractivity contribution is -0.136. The summed E-state index contributed by atoms with van der Waals surface area (Å²) in [5.41, 5.74) is 3.31. The van der Waals surface area contributed by atoms with Crippen LogP contribution in [0.2, 0.25) is 0 Å². The molecule has 0 unspecified atom stereocenters. The van der Waals surface area contributed by atoms with Crippen molar-refractivity contribution in [1.29, 1.82) is 0 Å². The minimum Gasteiger partial charge on any atom is -0.481 e. The van der Waals surface area contributed by atoms with Crippen LogP contribution < -0.4 is 15.5 Å². The second kappa shape index (κ2) is 8.71. The summed E-state index contributed by atoms with van der Waals surface area (Å²) in [7, 11) is 0. The van der Waals surface area contributed by atoms with Gasteiger partial charge in [-0.25, -0.2) is 9.78 Å². The Kier molecular flexibility index (Phi) is 6.33. The van der Waals surface area contributed by atoms with Crippen LogP contribution in [0.1, 0.15) is 30.5 Å². The van der Waals surface area contributed by atoms with Crippen molar-refractivity contribution in [2.24, 2.45) is 0 Å². The third-order valence-corrected chi connectivity index (χ3v) is 6.03. The molecule has 2 aromatic rings. The molecule has 0 aliphatic carbocycles. The molecule has 0 atom stereocenters. The van der Waals surface area contributed by atoms with Gasteiger partial charge in [0, 0.05) is 13.1 Å². The molecule has 2 amide bonds. The Hall–Kier alpha value is -2.13. The number of piperidine rings is 1. The molecule has 0 bridgehead atoms. The minimum atomic E-state index is -0.970. The normalized spacial score (nSPS) is 14.1. The van der Waals surface area contributed by atoms with Crippen molar-refractivity contribution >= 4 is 55.8 Å². The fourth-order valence-electron chi connectivity index (χ4n) is 3.03. The van der Waals surface area contributed by atoms with E-state index in [-0.39, 0.29) is 6.42 Å². The number of aryl methyl sites for hydroxylation is 1. The second-order valence-electron chi connectivity index (χ2n) is 6.46. The van der Waals surface area contributed by atoms with Crippen LogP contribution in [0.3, 0.4) is 0 Å². The number of nitrogens with zero attached hydrogens (tertiary/aromatic N) is 2. The zero-order valence-electron chi connectivity index (χ0n) is 14.9. The molecule has 2 heterocycles. The first-order valence-electron chi connectivity index (χ1n) is 8.73. The van der Waals surface area contributed by atoms with Crippen molar-refractivity contribution < 1.29 is 14.7 Å². The summed E-state index contributed by atoms with van der Waals surface area (Å²) in [4.78, 5) is 29.8. The van der Waals surface area contributed by atoms with E-state index in [0.717, 1.165) is 42.9 Å². The molecule has 1 aliphatic rings. The van der Waals surface area contributed by atoms with Gasteiger partial charge in [0.2, 0.25) is 0 Å². The predicted octanol–water partition coefficient (Wildman–Crippen LogP) is 4.48. The van der Waals surface area contributed by atoms with Gasteiger partial charge in [0.05, 0.1) is 27.3 Å². The number of carboxylic acid groups (broad SMARTS) is 1. The Labute approximate surface area is 169 Å². The van der Waals surface area contributed by atoms with Gasteiger partial charge in [-0.2, -0.15) is 0 Å². The first-order chi connectivity index (χ1) is 12.9. The maximum Gasteiger partial charge on any atom is 0.325 e. The summed E-state index contributed by atoms with van der Waals surface area (Å²) in [6.45, 7) is 4.00. The number of halogens is 1. The lowest BCUT2D eigenvalue weighted by atomic mass is 10.1. The molecule has 0 radical (unpaired) electrons. The molecule has 1 fully saturated rings. The first kappa shape index (κ1) is 19.6. The zero-order chi connectivity index (χ0) is 19.4. The van der Waals surface area contributed by atoms with E-state index < -0.39 is 12.0 Å². The van der Waals surface area contributed by atoms with E-state index in [2.05, 4.69) is 42.5 Å². The van der Waals surface area contributed by atoms with Crippen LogP contribution in [0.5, 0.6) is 0 Å². The van der Waals surface area contributed by atoms with Crippen molar-refractivity contribution in [3.63, 3.8) is 0 Å². The molecule has 144 valence electrons. The summed E-state index contributed by atoms with van der Waals surface area (Å²) in [6.07, 6.45) is 3.35. The van der Waals surface area contributed by atoms with Crippen molar-refractivity contribution in [2.45, 2.75) is 32.6 Å². The van der Waals surface area contributed by atoms with Gasteiger partial charge in [-0.15, -0.1) is 0 Å². The zero-order valence-corrected chi connectivity index (χ0v) is 17.3. The Morgan fingerprint density at radius 2 is 2.00 bits per heavy atom. The van der Waals surface area contributed by atoms with E-state index in [0.29, 0.717) is 14.6 Å². The predicted molar refractivity (Wildman–Crippen MR) is 111 cm³/mol. The van der Waals surface area contributed by atoms with E-state index in [1.54, 1.807) is 0 Å². The molecule has 0 saturated carbocycles. The number of urea groups is 1. The largest absolute Gasteiger partial charge is 0.481 e. The number of hydrogen-bond acceptors (Lipinski definition) is 5. The fraction of sp³-hybridized carbons (Fsp3) is 0.389. The molecular formula is C18H21BrN4O3S. The van der Waals surface area contributed by atoms with E-state index >= 15 is 0 Å². The molecule has 3 N–H and O–H groups in total. The van der Waals surface area contributed by atoms with Crippen LogP contribution in [-0.4, -0.2) is 35.2 Å². The number of carbonyl (C=O) groups is 2. The van der Waals surface area contributed by atoms with Crippen LogP contribution in [-0.2, 0) is 11.2 Å². The molecule has 27 heavy (non-hydrogen) atoms. The molecule has 9 heteroatoms. The Morgan fingerprint density at radius 3 is 2.70 bits per heavy atom. The maximum absolute atomic E-state index is 12.4. The number of benzene rings is 1. The Morgan fingerprint density at radius 1 is 1.26 bits per heavy atom. The molecule has 1 aliphatic heterocycles. The smallest absolute Gasteiger partial charge is 0.325 e. The van der Waals surface area contributed by atoms with Gasteiger partial charge in [-0.3, -0.25) is 10.1 Å². The maximum atomic E-state index is 12.4. The molecule has 1 saturated heterocycles. The van der Waals surface area contributed by atoms with E-state index in [9.17, 15) is 9.59 Å². The van der Waals surface area contributed by atoms with Crippen LogP contribution in [0.4, 0.5) is 21.3 Å². The van der Waals surface area contributed by atoms with E-state index in [1.165, 1.54) is 17.8 Å². The number of thiazole rings is 1. The highest BCUT2D eigenvalue weighted by Gasteiger charge is 2.18. The quantitative estimate of drug-likeness (QED) is 0.621. The highest BCUT2D eigenvalue weighted by atomic mass is 79.9. The van der Waals surface area contributed by atoms with Crippen LogP contribution in [0, 0.1) is 6.92 Å². The molecule has 1 aromatic carbocycles. The molecular weight excluding hydrogens is 432 g/mol. The summed E-state index contributed by atoms with van der Waals surface area (Å²) in [6, 6.07) is 5.56. The number of anilines is 3. The number of aromatic nitrogens is 1. The minimum absolute atomic E-state index is 0.197. The highest BCUT2D eigenvalue weighted by Crippen LogP contribution is 2.31. The summed E-state index contributed by atoms with van der Waals surface area (Å²) < 4.78 is 0.601. The molecule has 3 rings (SSSR count). The third kappa shape index (κ3) is 5.20. The van der Waals surface area contributed by atoms with Gasteiger partial charge in [0.15, 0.2) is 5.13 Å². The standard InChI is InChI=1S/C18H21BrN4O3S/c1-11-5-6-12(14(9-11)23-7-3-2-4-8-23)20-17(26)22-18-21-13(10-15(24)25)16(19)27-18/h5-6,9H,2-4,7-8,10H2,1H3,(H,24,25)(H2,20,21,22,26). The number of carbonyl (C=O) groups excluding carboxylic acids is 1. The second-order valence-corrected chi connectivity index (χ2v) is 8.77. The lowest BCUT2D eigenvalue weighted by Gasteiger charge is -2.30. The van der Waals surface area contributed by atoms with Crippen molar-refractivity contribution in [3.8, 4) is 0 Å². The van der Waals surface area contributed by atoms with Gasteiger partial charge in [0.25, 0.3) is 0 Å². The van der Waals surface area contributed by atoms with Gasteiger partial charge in [0.1, 0.15) is 0 Å². The average molecular weight is 453 g/mol. The number of carboxylic acids is 1. The Bertz CT molecular complexity index is 849. The van der Waals surface area contributed by atoms with Crippen LogP contribution in [0.25, 0.3) is 0 Å². The highest BCUT2D eigenvalue weighted by molar-refractivity contribution is 9.11. The van der Waals surface area contributed by atoms with Gasteiger partial charge >= 0.3 is 12.0 Å². The number of amides is 2. The SMILES string of the molecule is Cc1ccc(NC(=O)Nc2nc(CC(=O)O)c(Br)s2)c(N2CCCCC2)c1. The van der Waals surface area contributed by atoms with Gasteiger partial charge in [-0.05, 0) is 59.8 Å². The molecule has 7 nitrogen and oxygen atoms in total. The fourth-order valence-corrected chi connectivity index (χ4v) is 4.43.